The number of hydrogen-bond donors (Lipinski definition) is 0. The van der Waals surface area contributed by atoms with Crippen LogP contribution in [0.1, 0.15) is 21.4 Å². The Morgan fingerprint density at radius 2 is 1.45 bits per heavy atom. The van der Waals surface area contributed by atoms with Gasteiger partial charge in [0.25, 0.3) is 9.05 Å². The molecule has 0 saturated carbocycles. The molecule has 0 N–H and O–H groups in total. The minimum Gasteiger partial charge on any atom is -0.436 e. The molecule has 0 aliphatic heterocycles. The van der Waals surface area contributed by atoms with Gasteiger partial charge in [0.2, 0.25) is 5.44 Å². The summed E-state index contributed by atoms with van der Waals surface area (Å²) in [6.45, 7) is 0. The maximum Gasteiger partial charge on any atom is 0.339 e. The highest BCUT2D eigenvalue weighted by Crippen LogP contribution is 2.28. The van der Waals surface area contributed by atoms with Gasteiger partial charge in [0.15, 0.2) is 0 Å². The third-order valence-corrected chi connectivity index (χ3v) is 3.92. The molecule has 2 aromatic carbocycles. The minimum atomic E-state index is -4.09. The lowest BCUT2D eigenvalue weighted by Crippen LogP contribution is -2.16. The van der Waals surface area contributed by atoms with Crippen LogP contribution in [0.15, 0.2) is 60.7 Å². The molecule has 0 aromatic heterocycles. The van der Waals surface area contributed by atoms with Gasteiger partial charge in [-0.3, -0.25) is 0 Å². The fourth-order valence-corrected chi connectivity index (χ4v) is 2.74. The van der Waals surface area contributed by atoms with Gasteiger partial charge in [-0.25, -0.2) is 13.2 Å². The van der Waals surface area contributed by atoms with Crippen molar-refractivity contribution in [2.45, 2.75) is 5.44 Å². The summed E-state index contributed by atoms with van der Waals surface area (Å²) in [4.78, 5) is 11.9. The van der Waals surface area contributed by atoms with Gasteiger partial charge in [-0.05, 0) is 12.1 Å². The largest absolute Gasteiger partial charge is 0.436 e. The zero-order chi connectivity index (χ0) is 14.6. The first kappa shape index (κ1) is 14.6. The standard InChI is InChI=1S/C14H11ClO4S/c15-20(17,18)14(12-9-5-2-6-10-12)19-13(16)11-7-3-1-4-8-11/h1-10,14H. The smallest absolute Gasteiger partial charge is 0.339 e. The number of esters is 1. The van der Waals surface area contributed by atoms with Crippen LogP contribution in [0, 0.1) is 0 Å². The molecule has 0 heterocycles. The second-order valence-electron chi connectivity index (χ2n) is 3.99. The first-order chi connectivity index (χ1) is 9.48. The van der Waals surface area contributed by atoms with Crippen LogP contribution in [0.4, 0.5) is 0 Å². The molecule has 104 valence electrons. The molecule has 0 radical (unpaired) electrons. The van der Waals surface area contributed by atoms with Crippen LogP contribution in [0.3, 0.4) is 0 Å². The first-order valence-corrected chi connectivity index (χ1v) is 8.10. The highest BCUT2D eigenvalue weighted by Gasteiger charge is 2.29. The maximum absolute atomic E-state index is 11.9. The fourth-order valence-electron chi connectivity index (χ4n) is 1.64. The van der Waals surface area contributed by atoms with Crippen LogP contribution in [0.25, 0.3) is 0 Å². The van der Waals surface area contributed by atoms with E-state index in [1.54, 1.807) is 36.4 Å². The zero-order valence-electron chi connectivity index (χ0n) is 10.3. The lowest BCUT2D eigenvalue weighted by Gasteiger charge is -2.15. The van der Waals surface area contributed by atoms with Gasteiger partial charge in [0.1, 0.15) is 0 Å². The number of hydrogen-bond acceptors (Lipinski definition) is 4. The van der Waals surface area contributed by atoms with Crippen LogP contribution < -0.4 is 0 Å². The average molecular weight is 311 g/mol. The van der Waals surface area contributed by atoms with Gasteiger partial charge in [0, 0.05) is 16.2 Å². The Kier molecular flexibility index (Phi) is 4.42. The van der Waals surface area contributed by atoms with Crippen molar-refractivity contribution in [3.63, 3.8) is 0 Å². The lowest BCUT2D eigenvalue weighted by molar-refractivity contribution is 0.0444. The lowest BCUT2D eigenvalue weighted by atomic mass is 10.2. The monoisotopic (exact) mass is 310 g/mol. The Balaban J connectivity index is 2.29. The maximum atomic E-state index is 11.9. The Hall–Kier alpha value is -1.85. The molecule has 2 rings (SSSR count). The Morgan fingerprint density at radius 3 is 1.95 bits per heavy atom. The Labute approximate surface area is 121 Å². The van der Waals surface area contributed by atoms with Crippen molar-refractivity contribution in [3.05, 3.63) is 71.8 Å². The Bertz CT molecular complexity index is 684. The molecule has 0 aliphatic rings. The second kappa shape index (κ2) is 6.07. The van der Waals surface area contributed by atoms with Crippen LogP contribution in [0.2, 0.25) is 0 Å². The number of carbonyl (C=O) groups excluding carboxylic acids is 1. The quantitative estimate of drug-likeness (QED) is 0.643. The molecule has 4 nitrogen and oxygen atoms in total. The van der Waals surface area contributed by atoms with Gasteiger partial charge in [-0.2, -0.15) is 0 Å². The summed E-state index contributed by atoms with van der Waals surface area (Å²) in [5.41, 5.74) is -0.974. The van der Waals surface area contributed by atoms with Gasteiger partial charge >= 0.3 is 5.97 Å². The third kappa shape index (κ3) is 3.59. The normalized spacial score (nSPS) is 12.7. The number of halogens is 1. The van der Waals surface area contributed by atoms with Crippen molar-refractivity contribution in [3.8, 4) is 0 Å². The molecule has 0 spiro atoms. The predicted molar refractivity (Wildman–Crippen MR) is 75.8 cm³/mol. The number of ether oxygens (including phenoxy) is 1. The SMILES string of the molecule is O=C(OC(c1ccccc1)S(=O)(=O)Cl)c1ccccc1. The van der Waals surface area contributed by atoms with Crippen molar-refractivity contribution < 1.29 is 17.9 Å². The van der Waals surface area contributed by atoms with Crippen LogP contribution in [-0.4, -0.2) is 14.4 Å². The molecule has 0 amide bonds. The average Bonchev–Trinajstić information content (AvgIpc) is 2.45. The van der Waals surface area contributed by atoms with E-state index in [2.05, 4.69) is 0 Å². The molecular formula is C14H11ClO4S. The summed E-state index contributed by atoms with van der Waals surface area (Å²) in [5, 5.41) is 0. The van der Waals surface area contributed by atoms with Gasteiger partial charge < -0.3 is 4.74 Å². The second-order valence-corrected chi connectivity index (χ2v) is 6.66. The van der Waals surface area contributed by atoms with E-state index in [1.165, 1.54) is 24.3 Å². The summed E-state index contributed by atoms with van der Waals surface area (Å²) in [7, 11) is 1.27. The zero-order valence-corrected chi connectivity index (χ0v) is 11.8. The molecule has 6 heteroatoms. The van der Waals surface area contributed by atoms with Crippen LogP contribution in [-0.2, 0) is 13.8 Å². The van der Waals surface area contributed by atoms with Gasteiger partial charge in [-0.15, -0.1) is 0 Å². The molecule has 1 unspecified atom stereocenters. The summed E-state index contributed by atoms with van der Waals surface area (Å²) in [5.74, 6) is -0.747. The molecule has 2 aromatic rings. The van der Waals surface area contributed by atoms with Gasteiger partial charge in [0.05, 0.1) is 5.56 Å². The Morgan fingerprint density at radius 1 is 0.950 bits per heavy atom. The molecule has 20 heavy (non-hydrogen) atoms. The number of benzene rings is 2. The summed E-state index contributed by atoms with van der Waals surface area (Å²) in [6.07, 6.45) is 0. The topological polar surface area (TPSA) is 60.4 Å². The highest BCUT2D eigenvalue weighted by atomic mass is 35.7. The molecule has 1 atom stereocenters. The molecule has 0 saturated heterocycles. The molecule has 0 aliphatic carbocycles. The molecular weight excluding hydrogens is 300 g/mol. The van der Waals surface area contributed by atoms with Crippen molar-refractivity contribution in [2.24, 2.45) is 0 Å². The van der Waals surface area contributed by atoms with Crippen molar-refractivity contribution >= 4 is 25.7 Å². The fraction of sp³-hybridized carbons (Fsp3) is 0.0714. The van der Waals surface area contributed by atoms with E-state index in [4.69, 9.17) is 15.4 Å². The van der Waals surface area contributed by atoms with Crippen LogP contribution >= 0.6 is 10.7 Å². The van der Waals surface area contributed by atoms with E-state index in [1.807, 2.05) is 0 Å². The molecule has 0 fully saturated rings. The van der Waals surface area contributed by atoms with E-state index < -0.39 is 20.5 Å². The van der Waals surface area contributed by atoms with Crippen molar-refractivity contribution in [1.29, 1.82) is 0 Å². The summed E-state index contributed by atoms with van der Waals surface area (Å²) >= 11 is 0. The van der Waals surface area contributed by atoms with E-state index in [-0.39, 0.29) is 5.56 Å². The predicted octanol–water partition coefficient (Wildman–Crippen LogP) is 3.11. The van der Waals surface area contributed by atoms with E-state index >= 15 is 0 Å². The highest BCUT2D eigenvalue weighted by molar-refractivity contribution is 8.13. The van der Waals surface area contributed by atoms with Crippen molar-refractivity contribution in [1.82, 2.24) is 0 Å². The van der Waals surface area contributed by atoms with E-state index in [0.29, 0.717) is 5.56 Å². The third-order valence-electron chi connectivity index (χ3n) is 2.55. The first-order valence-electron chi connectivity index (χ1n) is 5.73. The number of rotatable bonds is 4. The van der Waals surface area contributed by atoms with Gasteiger partial charge in [-0.1, -0.05) is 48.5 Å². The summed E-state index contributed by atoms with van der Waals surface area (Å²) < 4.78 is 28.2. The van der Waals surface area contributed by atoms with Crippen LogP contribution in [0.5, 0.6) is 0 Å². The van der Waals surface area contributed by atoms with Crippen molar-refractivity contribution in [2.75, 3.05) is 0 Å². The van der Waals surface area contributed by atoms with E-state index in [0.717, 1.165) is 0 Å². The van der Waals surface area contributed by atoms with E-state index in [9.17, 15) is 13.2 Å². The summed E-state index contributed by atoms with van der Waals surface area (Å²) in [6, 6.07) is 16.2. The molecule has 0 bridgehead atoms. The minimum absolute atomic E-state index is 0.258. The number of carbonyl (C=O) groups is 1.